The van der Waals surface area contributed by atoms with Crippen molar-refractivity contribution in [1.29, 1.82) is 0 Å². The molecule has 1 radical (unpaired) electrons. The summed E-state index contributed by atoms with van der Waals surface area (Å²) in [4.78, 5) is 17.2. The fourth-order valence-corrected chi connectivity index (χ4v) is 4.75. The van der Waals surface area contributed by atoms with Gasteiger partial charge in [0.1, 0.15) is 5.82 Å². The summed E-state index contributed by atoms with van der Waals surface area (Å²) in [5.74, 6) is -0.501. The minimum atomic E-state index is -3.42. The van der Waals surface area contributed by atoms with E-state index in [0.29, 0.717) is 37.4 Å². The molecule has 7 heteroatoms. The Morgan fingerprint density at radius 3 is 2.53 bits per heavy atom. The summed E-state index contributed by atoms with van der Waals surface area (Å²) < 4.78 is 38.2. The van der Waals surface area contributed by atoms with Gasteiger partial charge in [0.05, 0.1) is 10.6 Å². The molecule has 1 aliphatic heterocycles. The van der Waals surface area contributed by atoms with Crippen molar-refractivity contribution in [3.05, 3.63) is 65.5 Å². The summed E-state index contributed by atoms with van der Waals surface area (Å²) >= 11 is 0. The molecule has 1 heterocycles. The number of anilines is 1. The van der Waals surface area contributed by atoms with Gasteiger partial charge in [-0.05, 0) is 60.7 Å². The average molecular weight is 428 g/mol. The quantitative estimate of drug-likeness (QED) is 0.749. The normalized spacial score (nSPS) is 17.2. The van der Waals surface area contributed by atoms with Crippen molar-refractivity contribution in [2.75, 3.05) is 37.3 Å². The number of hydrogen-bond donors (Lipinski definition) is 0. The fourth-order valence-electron chi connectivity index (χ4n) is 4.11. The molecule has 30 heavy (non-hydrogen) atoms. The molecule has 4 rings (SSSR count). The van der Waals surface area contributed by atoms with Gasteiger partial charge in [-0.25, -0.2) is 12.8 Å². The number of benzene rings is 2. The van der Waals surface area contributed by atoms with Crippen molar-refractivity contribution in [2.45, 2.75) is 24.2 Å². The minimum absolute atomic E-state index is 0.148. The van der Waals surface area contributed by atoms with Crippen LogP contribution in [-0.4, -0.2) is 51.7 Å². The largest absolute Gasteiger partial charge is 0.366 e. The lowest BCUT2D eigenvalue weighted by atomic mass is 9.98. The first kappa shape index (κ1) is 20.6. The Bertz CT molecular complexity index is 1100. The van der Waals surface area contributed by atoms with E-state index in [1.807, 2.05) is 4.90 Å². The standard InChI is InChI=1S/C23H24FN2O3S/c1-30(28,29)18-10-11-19(17-6-2-3-7-17)20(16-18)23(27)26-14-12-25(13-15-26)22-9-5-4-8-21(22)24/h5-6,8-11,16H,2-3,7,12-15H2,1H3. The van der Waals surface area contributed by atoms with Gasteiger partial charge >= 0.3 is 0 Å². The van der Waals surface area contributed by atoms with Gasteiger partial charge in [-0.15, -0.1) is 0 Å². The van der Waals surface area contributed by atoms with Crippen LogP contribution in [0.2, 0.25) is 0 Å². The molecule has 1 amide bonds. The second kappa shape index (κ2) is 8.22. The highest BCUT2D eigenvalue weighted by Gasteiger charge is 2.27. The first-order valence-electron chi connectivity index (χ1n) is 10.1. The average Bonchev–Trinajstić information content (AvgIpc) is 3.27. The maximum Gasteiger partial charge on any atom is 0.254 e. The first-order chi connectivity index (χ1) is 14.3. The van der Waals surface area contributed by atoms with Crippen LogP contribution in [0.15, 0.2) is 47.4 Å². The zero-order chi connectivity index (χ0) is 21.3. The molecule has 2 aromatic rings. The Morgan fingerprint density at radius 2 is 1.90 bits per heavy atom. The van der Waals surface area contributed by atoms with E-state index in [9.17, 15) is 17.6 Å². The van der Waals surface area contributed by atoms with Crippen molar-refractivity contribution >= 4 is 27.0 Å². The van der Waals surface area contributed by atoms with E-state index in [1.54, 1.807) is 29.2 Å². The SMILES string of the molecule is CS(=O)(=O)c1ccc(C2=CCCC2)c(C(=O)N2CCN(c3cc[c]cc3F)CC2)c1. The number of hydrogen-bond acceptors (Lipinski definition) is 4. The van der Waals surface area contributed by atoms with Crippen molar-refractivity contribution < 1.29 is 17.6 Å². The lowest BCUT2D eigenvalue weighted by molar-refractivity contribution is 0.0746. The Morgan fingerprint density at radius 1 is 1.13 bits per heavy atom. The summed E-state index contributed by atoms with van der Waals surface area (Å²) in [6.45, 7) is 1.91. The van der Waals surface area contributed by atoms with Crippen LogP contribution in [-0.2, 0) is 9.84 Å². The topological polar surface area (TPSA) is 57.7 Å². The predicted octanol–water partition coefficient (Wildman–Crippen LogP) is 3.56. The molecule has 0 bridgehead atoms. The highest BCUT2D eigenvalue weighted by molar-refractivity contribution is 7.90. The summed E-state index contributed by atoms with van der Waals surface area (Å²) in [5.41, 5.74) is 2.85. The molecule has 1 aliphatic carbocycles. The van der Waals surface area contributed by atoms with Gasteiger partial charge in [-0.1, -0.05) is 18.2 Å². The Kier molecular flexibility index (Phi) is 5.64. The van der Waals surface area contributed by atoms with Crippen LogP contribution in [0.5, 0.6) is 0 Å². The zero-order valence-corrected chi connectivity index (χ0v) is 17.7. The lowest BCUT2D eigenvalue weighted by Crippen LogP contribution is -2.49. The minimum Gasteiger partial charge on any atom is -0.366 e. The smallest absolute Gasteiger partial charge is 0.254 e. The number of rotatable bonds is 4. The maximum atomic E-state index is 14.1. The van der Waals surface area contributed by atoms with Gasteiger partial charge in [0, 0.05) is 38.0 Å². The number of piperazine rings is 1. The second-order valence-corrected chi connectivity index (χ2v) is 9.77. The zero-order valence-electron chi connectivity index (χ0n) is 16.9. The van der Waals surface area contributed by atoms with E-state index < -0.39 is 9.84 Å². The molecule has 5 nitrogen and oxygen atoms in total. The number of carbonyl (C=O) groups is 1. The molecule has 2 aliphatic rings. The molecular formula is C23H24FN2O3S. The van der Waals surface area contributed by atoms with Crippen LogP contribution in [0.25, 0.3) is 5.57 Å². The van der Waals surface area contributed by atoms with E-state index in [2.05, 4.69) is 12.1 Å². The van der Waals surface area contributed by atoms with Gasteiger partial charge in [0.2, 0.25) is 0 Å². The highest BCUT2D eigenvalue weighted by atomic mass is 32.2. The van der Waals surface area contributed by atoms with Crippen LogP contribution in [0, 0.1) is 11.9 Å². The van der Waals surface area contributed by atoms with Crippen LogP contribution in [0.4, 0.5) is 10.1 Å². The Labute approximate surface area is 176 Å². The number of nitrogens with zero attached hydrogens (tertiary/aromatic N) is 2. The molecule has 0 atom stereocenters. The van der Waals surface area contributed by atoms with Crippen molar-refractivity contribution in [3.8, 4) is 0 Å². The number of amides is 1. The van der Waals surface area contributed by atoms with Crippen LogP contribution in [0.3, 0.4) is 0 Å². The van der Waals surface area contributed by atoms with Gasteiger partial charge in [-0.3, -0.25) is 4.79 Å². The summed E-state index contributed by atoms with van der Waals surface area (Å²) in [6.07, 6.45) is 6.16. The van der Waals surface area contributed by atoms with E-state index in [0.717, 1.165) is 36.7 Å². The molecular weight excluding hydrogens is 403 g/mol. The number of carbonyl (C=O) groups excluding carboxylic acids is 1. The third kappa shape index (κ3) is 4.12. The van der Waals surface area contributed by atoms with E-state index in [-0.39, 0.29) is 16.6 Å². The van der Waals surface area contributed by atoms with Crippen molar-refractivity contribution in [3.63, 3.8) is 0 Å². The van der Waals surface area contributed by atoms with Crippen LogP contribution < -0.4 is 4.90 Å². The Balaban J connectivity index is 1.59. The summed E-state index contributed by atoms with van der Waals surface area (Å²) in [5, 5.41) is 0. The molecule has 2 aromatic carbocycles. The van der Waals surface area contributed by atoms with Gasteiger partial charge < -0.3 is 9.80 Å². The Hall–Kier alpha value is -2.67. The molecule has 1 fully saturated rings. The van der Waals surface area contributed by atoms with E-state index in [4.69, 9.17) is 0 Å². The first-order valence-corrected chi connectivity index (χ1v) is 12.0. The predicted molar refractivity (Wildman–Crippen MR) is 115 cm³/mol. The van der Waals surface area contributed by atoms with Gasteiger partial charge in [0.25, 0.3) is 5.91 Å². The van der Waals surface area contributed by atoms with E-state index in [1.165, 1.54) is 12.1 Å². The third-order valence-electron chi connectivity index (χ3n) is 5.74. The summed E-state index contributed by atoms with van der Waals surface area (Å²) in [6, 6.07) is 12.2. The third-order valence-corrected chi connectivity index (χ3v) is 6.85. The van der Waals surface area contributed by atoms with Gasteiger partial charge in [0.15, 0.2) is 9.84 Å². The monoisotopic (exact) mass is 427 g/mol. The maximum absolute atomic E-state index is 14.1. The molecule has 0 N–H and O–H groups in total. The number of allylic oxidation sites excluding steroid dienone is 2. The lowest BCUT2D eigenvalue weighted by Gasteiger charge is -2.36. The van der Waals surface area contributed by atoms with E-state index >= 15 is 0 Å². The van der Waals surface area contributed by atoms with Gasteiger partial charge in [-0.2, -0.15) is 0 Å². The fraction of sp³-hybridized carbons (Fsp3) is 0.348. The van der Waals surface area contributed by atoms with Crippen molar-refractivity contribution in [1.82, 2.24) is 4.90 Å². The molecule has 0 saturated carbocycles. The number of sulfone groups is 1. The number of halogens is 1. The summed E-state index contributed by atoms with van der Waals surface area (Å²) in [7, 11) is -3.42. The highest BCUT2D eigenvalue weighted by Crippen LogP contribution is 2.32. The second-order valence-electron chi connectivity index (χ2n) is 7.76. The molecule has 157 valence electrons. The van der Waals surface area contributed by atoms with Crippen molar-refractivity contribution in [2.24, 2.45) is 0 Å². The van der Waals surface area contributed by atoms with Crippen LogP contribution >= 0.6 is 0 Å². The molecule has 0 aromatic heterocycles. The van der Waals surface area contributed by atoms with Crippen LogP contribution in [0.1, 0.15) is 35.2 Å². The molecule has 0 spiro atoms. The molecule has 0 unspecified atom stereocenters. The molecule has 1 saturated heterocycles.